The Hall–Kier alpha value is 4.97. The van der Waals surface area contributed by atoms with E-state index in [4.69, 9.17) is 0 Å². The van der Waals surface area contributed by atoms with Gasteiger partial charge in [0.2, 0.25) is 0 Å². The van der Waals surface area contributed by atoms with Gasteiger partial charge in [0, 0.05) is 6.61 Å². The molecular formula is C15H31K3O4Si. The van der Waals surface area contributed by atoms with E-state index in [1.54, 1.807) is 0 Å². The zero-order chi connectivity index (χ0) is 15.1. The molecule has 0 radical (unpaired) electrons. The van der Waals surface area contributed by atoms with E-state index in [-0.39, 0.29) is 161 Å². The van der Waals surface area contributed by atoms with Crippen LogP contribution in [0.5, 0.6) is 0 Å². The second kappa shape index (κ2) is 27.0. The molecule has 0 aliphatic carbocycles. The van der Waals surface area contributed by atoms with Gasteiger partial charge in [0.25, 0.3) is 0 Å². The minimum absolute atomic E-state index is 0. The third-order valence-electron chi connectivity index (χ3n) is 3.53. The van der Waals surface area contributed by atoms with Gasteiger partial charge in [0.1, 0.15) is 0 Å². The molecule has 0 bridgehead atoms. The van der Waals surface area contributed by atoms with Crippen molar-refractivity contribution >= 4 is 9.05 Å². The van der Waals surface area contributed by atoms with Gasteiger partial charge in [0.05, 0.1) is 0 Å². The first-order chi connectivity index (χ1) is 9.56. The molecule has 4 nitrogen and oxygen atoms in total. The molecule has 122 valence electrons. The van der Waals surface area contributed by atoms with Crippen LogP contribution in [0, 0.1) is 0 Å². The third-order valence-corrected chi connectivity index (χ3v) is 4.08. The van der Waals surface area contributed by atoms with Gasteiger partial charge in [-0.2, -0.15) is 0 Å². The quantitative estimate of drug-likeness (QED) is 0.195. The SMILES string of the molecule is CCCCCCCCCCCCCCCO[Si]([O-])([O-])[O-].[K+].[K+].[K+]. The van der Waals surface area contributed by atoms with Crippen molar-refractivity contribution in [3.8, 4) is 0 Å². The molecule has 0 unspecified atom stereocenters. The van der Waals surface area contributed by atoms with Crippen LogP contribution in [-0.2, 0) is 4.43 Å². The van der Waals surface area contributed by atoms with Crippen molar-refractivity contribution < 1.29 is 173 Å². The van der Waals surface area contributed by atoms with Crippen molar-refractivity contribution in [2.75, 3.05) is 6.61 Å². The van der Waals surface area contributed by atoms with Gasteiger partial charge in [-0.1, -0.05) is 84.0 Å². The smallest absolute Gasteiger partial charge is 0.861 e. The van der Waals surface area contributed by atoms with Crippen molar-refractivity contribution in [2.24, 2.45) is 0 Å². The Labute approximate surface area is 272 Å². The fourth-order valence-corrected chi connectivity index (χ4v) is 2.71. The molecule has 0 N–H and O–H groups in total. The summed E-state index contributed by atoms with van der Waals surface area (Å²) in [7, 11) is -5.01. The summed E-state index contributed by atoms with van der Waals surface area (Å²) in [5.41, 5.74) is 0. The largest absolute Gasteiger partial charge is 1.00 e. The fraction of sp³-hybridized carbons (Fsp3) is 1.00. The van der Waals surface area contributed by atoms with E-state index in [1.807, 2.05) is 0 Å². The van der Waals surface area contributed by atoms with Gasteiger partial charge < -0.3 is 18.8 Å². The number of hydrogen-bond acceptors (Lipinski definition) is 4. The molecule has 8 heteroatoms. The van der Waals surface area contributed by atoms with Crippen LogP contribution in [0.1, 0.15) is 90.4 Å². The zero-order valence-electron chi connectivity index (χ0n) is 16.0. The first-order valence-corrected chi connectivity index (χ1v) is 9.95. The van der Waals surface area contributed by atoms with E-state index in [0.29, 0.717) is 6.42 Å². The Morgan fingerprint density at radius 2 is 0.870 bits per heavy atom. The fourth-order valence-electron chi connectivity index (χ4n) is 2.32. The van der Waals surface area contributed by atoms with Crippen molar-refractivity contribution in [1.29, 1.82) is 0 Å². The summed E-state index contributed by atoms with van der Waals surface area (Å²) >= 11 is 0. The second-order valence-electron chi connectivity index (χ2n) is 5.59. The maximum Gasteiger partial charge on any atom is 1.00 e. The van der Waals surface area contributed by atoms with Crippen LogP contribution in [0.2, 0.25) is 0 Å². The predicted molar refractivity (Wildman–Crippen MR) is 77.4 cm³/mol. The Morgan fingerprint density at radius 3 is 1.17 bits per heavy atom. The minimum Gasteiger partial charge on any atom is -0.861 e. The number of hydrogen-bond donors (Lipinski definition) is 0. The molecule has 0 heterocycles. The molecule has 0 fully saturated rings. The van der Waals surface area contributed by atoms with Crippen LogP contribution in [0.25, 0.3) is 0 Å². The predicted octanol–water partition coefficient (Wildman–Crippen LogP) is -7.38. The Balaban J connectivity index is -0.000000602. The van der Waals surface area contributed by atoms with Crippen molar-refractivity contribution in [2.45, 2.75) is 90.4 Å². The van der Waals surface area contributed by atoms with E-state index in [0.717, 1.165) is 12.8 Å². The first kappa shape index (κ1) is 35.4. The summed E-state index contributed by atoms with van der Waals surface area (Å²) in [6.45, 7) is 2.30. The standard InChI is InChI=1S/C15H31O4Si.3K/c1-2-3-4-5-6-7-8-9-10-11-12-13-14-15-19-20(16,17)18;;;/h2-15H2,1H3;;;/q-3;3*+1. The molecule has 0 aromatic rings. The molecule has 0 aromatic heterocycles. The summed E-state index contributed by atoms with van der Waals surface area (Å²) in [6, 6.07) is 0. The topological polar surface area (TPSA) is 78.4 Å². The molecule has 0 aliphatic heterocycles. The van der Waals surface area contributed by atoms with Crippen molar-refractivity contribution in [3.05, 3.63) is 0 Å². The summed E-state index contributed by atoms with van der Waals surface area (Å²) in [5, 5.41) is 0. The minimum atomic E-state index is -5.01. The summed E-state index contributed by atoms with van der Waals surface area (Å²) < 4.78 is 4.20. The second-order valence-corrected chi connectivity index (χ2v) is 6.88. The van der Waals surface area contributed by atoms with Crippen molar-refractivity contribution in [1.82, 2.24) is 0 Å². The Morgan fingerprint density at radius 1 is 0.565 bits per heavy atom. The van der Waals surface area contributed by atoms with Crippen molar-refractivity contribution in [3.63, 3.8) is 0 Å². The van der Waals surface area contributed by atoms with E-state index in [2.05, 4.69) is 11.3 Å². The molecule has 0 atom stereocenters. The molecule has 0 saturated heterocycles. The Kier molecular flexibility index (Phi) is 41.5. The number of unbranched alkanes of at least 4 members (excludes halogenated alkanes) is 12. The average Bonchev–Trinajstić information content (AvgIpc) is 2.38. The van der Waals surface area contributed by atoms with Gasteiger partial charge in [-0.15, -0.1) is 9.05 Å². The Bertz CT molecular complexity index is 208. The molecule has 0 amide bonds. The monoisotopic (exact) mass is 420 g/mol. The summed E-state index contributed by atoms with van der Waals surface area (Å²) in [4.78, 5) is 30.7. The van der Waals surface area contributed by atoms with E-state index in [1.165, 1.54) is 64.2 Å². The molecule has 0 aliphatic rings. The molecular weight excluding hydrogens is 390 g/mol. The zero-order valence-corrected chi connectivity index (χ0v) is 26.4. The number of rotatable bonds is 15. The average molecular weight is 421 g/mol. The molecule has 0 saturated carbocycles. The van der Waals surface area contributed by atoms with Gasteiger partial charge in [-0.25, -0.2) is 0 Å². The maximum atomic E-state index is 10.2. The summed E-state index contributed by atoms with van der Waals surface area (Å²) in [6.07, 6.45) is 16.0. The van der Waals surface area contributed by atoms with Gasteiger partial charge in [-0.3, -0.25) is 0 Å². The van der Waals surface area contributed by atoms with Crippen LogP contribution in [-0.4, -0.2) is 15.7 Å². The third kappa shape index (κ3) is 34.8. The van der Waals surface area contributed by atoms with E-state index < -0.39 is 9.05 Å². The molecule has 0 spiro atoms. The van der Waals surface area contributed by atoms with Crippen LogP contribution in [0.3, 0.4) is 0 Å². The van der Waals surface area contributed by atoms with E-state index >= 15 is 0 Å². The first-order valence-electron chi connectivity index (χ1n) is 8.31. The molecule has 0 aromatic carbocycles. The maximum absolute atomic E-state index is 10.2. The van der Waals surface area contributed by atoms with Crippen LogP contribution >= 0.6 is 0 Å². The van der Waals surface area contributed by atoms with E-state index in [9.17, 15) is 14.4 Å². The van der Waals surface area contributed by atoms with Gasteiger partial charge in [0.15, 0.2) is 0 Å². The molecule has 0 rings (SSSR count). The molecule has 23 heavy (non-hydrogen) atoms. The summed E-state index contributed by atoms with van der Waals surface area (Å²) in [5.74, 6) is 0. The van der Waals surface area contributed by atoms with Gasteiger partial charge in [-0.05, 0) is 6.42 Å². The van der Waals surface area contributed by atoms with Crippen LogP contribution in [0.4, 0.5) is 0 Å². The normalized spacial score (nSPS) is 10.4. The van der Waals surface area contributed by atoms with Crippen LogP contribution in [0.15, 0.2) is 0 Å². The van der Waals surface area contributed by atoms with Crippen LogP contribution < -0.4 is 169 Å². The van der Waals surface area contributed by atoms with Gasteiger partial charge >= 0.3 is 154 Å².